The third-order valence-corrected chi connectivity index (χ3v) is 4.39. The predicted molar refractivity (Wildman–Crippen MR) is 79.6 cm³/mol. The van der Waals surface area contributed by atoms with Crippen LogP contribution in [0.1, 0.15) is 38.8 Å². The van der Waals surface area contributed by atoms with Crippen LogP contribution in [0.4, 0.5) is 0 Å². The molecule has 0 saturated heterocycles. The van der Waals surface area contributed by atoms with E-state index in [0.29, 0.717) is 17.2 Å². The molecule has 17 heavy (non-hydrogen) atoms. The van der Waals surface area contributed by atoms with E-state index in [4.69, 9.17) is 0 Å². The molecule has 0 amide bonds. The first-order valence-electron chi connectivity index (χ1n) is 6.51. The zero-order valence-corrected chi connectivity index (χ0v) is 12.3. The Morgan fingerprint density at radius 1 is 1.18 bits per heavy atom. The Morgan fingerprint density at radius 2 is 1.82 bits per heavy atom. The van der Waals surface area contributed by atoms with Gasteiger partial charge >= 0.3 is 0 Å². The monoisotopic (exact) mass is 251 g/mol. The largest absolute Gasteiger partial charge is 0.309 e. The molecule has 1 aromatic rings. The SMILES string of the molecule is CCCNC(c1ccccc1)C(SC)C(C)C. The number of hydrogen-bond acceptors (Lipinski definition) is 2. The van der Waals surface area contributed by atoms with Crippen molar-refractivity contribution in [3.63, 3.8) is 0 Å². The van der Waals surface area contributed by atoms with Gasteiger partial charge in [-0.3, -0.25) is 0 Å². The second-order valence-corrected chi connectivity index (χ2v) is 5.80. The lowest BCUT2D eigenvalue weighted by Gasteiger charge is -2.30. The topological polar surface area (TPSA) is 12.0 Å². The van der Waals surface area contributed by atoms with Gasteiger partial charge in [0.05, 0.1) is 0 Å². The van der Waals surface area contributed by atoms with Crippen molar-refractivity contribution in [1.29, 1.82) is 0 Å². The van der Waals surface area contributed by atoms with Crippen LogP contribution in [0.5, 0.6) is 0 Å². The Labute approximate surface area is 110 Å². The van der Waals surface area contributed by atoms with Crippen molar-refractivity contribution >= 4 is 11.8 Å². The summed E-state index contributed by atoms with van der Waals surface area (Å²) in [5.74, 6) is 0.680. The highest BCUT2D eigenvalue weighted by Gasteiger charge is 2.24. The highest BCUT2D eigenvalue weighted by Crippen LogP contribution is 2.30. The fraction of sp³-hybridized carbons (Fsp3) is 0.600. The molecule has 2 unspecified atom stereocenters. The lowest BCUT2D eigenvalue weighted by molar-refractivity contribution is 0.445. The Morgan fingerprint density at radius 3 is 2.29 bits per heavy atom. The van der Waals surface area contributed by atoms with Crippen LogP contribution in [-0.4, -0.2) is 18.1 Å². The Kier molecular flexibility index (Phi) is 6.68. The summed E-state index contributed by atoms with van der Waals surface area (Å²) in [4.78, 5) is 0. The minimum Gasteiger partial charge on any atom is -0.309 e. The van der Waals surface area contributed by atoms with Crippen LogP contribution >= 0.6 is 11.8 Å². The molecule has 1 rings (SSSR count). The third-order valence-electron chi connectivity index (χ3n) is 3.03. The smallest absolute Gasteiger partial charge is 0.0442 e. The molecule has 0 spiro atoms. The average Bonchev–Trinajstić information content (AvgIpc) is 2.35. The van der Waals surface area contributed by atoms with Gasteiger partial charge < -0.3 is 5.32 Å². The van der Waals surface area contributed by atoms with Crippen molar-refractivity contribution in [3.05, 3.63) is 35.9 Å². The fourth-order valence-corrected chi connectivity index (χ4v) is 3.25. The van der Waals surface area contributed by atoms with Crippen LogP contribution in [0.15, 0.2) is 30.3 Å². The summed E-state index contributed by atoms with van der Waals surface area (Å²) in [6, 6.07) is 11.3. The first-order valence-corrected chi connectivity index (χ1v) is 7.80. The molecule has 0 saturated carbocycles. The Balaban J connectivity index is 2.86. The molecular weight excluding hydrogens is 226 g/mol. The van der Waals surface area contributed by atoms with E-state index in [2.05, 4.69) is 62.7 Å². The van der Waals surface area contributed by atoms with E-state index in [1.807, 2.05) is 11.8 Å². The normalized spacial score (nSPS) is 14.9. The van der Waals surface area contributed by atoms with Gasteiger partial charge in [-0.15, -0.1) is 0 Å². The molecule has 2 atom stereocenters. The minimum absolute atomic E-state index is 0.464. The van der Waals surface area contributed by atoms with Crippen molar-refractivity contribution in [2.45, 2.75) is 38.5 Å². The van der Waals surface area contributed by atoms with E-state index in [1.165, 1.54) is 12.0 Å². The lowest BCUT2D eigenvalue weighted by atomic mass is 9.96. The quantitative estimate of drug-likeness (QED) is 0.782. The van der Waals surface area contributed by atoms with Gasteiger partial charge in [0, 0.05) is 11.3 Å². The van der Waals surface area contributed by atoms with Crippen LogP contribution in [0.3, 0.4) is 0 Å². The molecule has 1 nitrogen and oxygen atoms in total. The molecule has 0 fully saturated rings. The van der Waals surface area contributed by atoms with Crippen molar-refractivity contribution in [1.82, 2.24) is 5.32 Å². The van der Waals surface area contributed by atoms with Crippen LogP contribution in [0, 0.1) is 5.92 Å². The average molecular weight is 251 g/mol. The van der Waals surface area contributed by atoms with Crippen LogP contribution in [0.25, 0.3) is 0 Å². The molecular formula is C15H25NS. The van der Waals surface area contributed by atoms with Gasteiger partial charge in [0.2, 0.25) is 0 Å². The molecule has 0 aliphatic rings. The van der Waals surface area contributed by atoms with Crippen LogP contribution in [0.2, 0.25) is 0 Å². The maximum Gasteiger partial charge on any atom is 0.0442 e. The minimum atomic E-state index is 0.464. The lowest BCUT2D eigenvalue weighted by Crippen LogP contribution is -2.33. The molecule has 2 heteroatoms. The van der Waals surface area contributed by atoms with Crippen LogP contribution in [-0.2, 0) is 0 Å². The van der Waals surface area contributed by atoms with E-state index < -0.39 is 0 Å². The van der Waals surface area contributed by atoms with E-state index in [-0.39, 0.29) is 0 Å². The first kappa shape index (κ1) is 14.6. The molecule has 0 aliphatic carbocycles. The summed E-state index contributed by atoms with van der Waals surface area (Å²) >= 11 is 1.97. The number of nitrogens with one attached hydrogen (secondary N) is 1. The highest BCUT2D eigenvalue weighted by molar-refractivity contribution is 7.99. The standard InChI is InChI=1S/C15H25NS/c1-5-11-16-14(15(17-4)12(2)3)13-9-7-6-8-10-13/h6-10,12,14-16H,5,11H2,1-4H3. The third kappa shape index (κ3) is 4.36. The van der Waals surface area contributed by atoms with Crippen molar-refractivity contribution in [3.8, 4) is 0 Å². The van der Waals surface area contributed by atoms with Gasteiger partial charge in [-0.05, 0) is 30.7 Å². The van der Waals surface area contributed by atoms with E-state index in [0.717, 1.165) is 6.54 Å². The molecule has 0 radical (unpaired) electrons. The van der Waals surface area contributed by atoms with E-state index >= 15 is 0 Å². The number of benzene rings is 1. The highest BCUT2D eigenvalue weighted by atomic mass is 32.2. The zero-order chi connectivity index (χ0) is 12.7. The molecule has 0 aromatic heterocycles. The summed E-state index contributed by atoms with van der Waals surface area (Å²) in [7, 11) is 0. The predicted octanol–water partition coefficient (Wildman–Crippen LogP) is 4.11. The van der Waals surface area contributed by atoms with Gasteiger partial charge in [0.25, 0.3) is 0 Å². The number of thioether (sulfide) groups is 1. The summed E-state index contributed by atoms with van der Waals surface area (Å²) in [6.07, 6.45) is 3.40. The number of hydrogen-bond donors (Lipinski definition) is 1. The van der Waals surface area contributed by atoms with Gasteiger partial charge in [-0.2, -0.15) is 11.8 Å². The first-order chi connectivity index (χ1) is 8.20. The molecule has 1 aromatic carbocycles. The Hall–Kier alpha value is -0.470. The second-order valence-electron chi connectivity index (χ2n) is 4.79. The van der Waals surface area contributed by atoms with Gasteiger partial charge in [0.15, 0.2) is 0 Å². The summed E-state index contributed by atoms with van der Waals surface area (Å²) in [5, 5.41) is 4.33. The molecule has 0 bridgehead atoms. The van der Waals surface area contributed by atoms with E-state index in [9.17, 15) is 0 Å². The number of rotatable bonds is 7. The van der Waals surface area contributed by atoms with Crippen molar-refractivity contribution in [2.24, 2.45) is 5.92 Å². The summed E-state index contributed by atoms with van der Waals surface area (Å²) < 4.78 is 0. The van der Waals surface area contributed by atoms with Gasteiger partial charge in [-0.1, -0.05) is 51.1 Å². The zero-order valence-electron chi connectivity index (χ0n) is 11.4. The van der Waals surface area contributed by atoms with Crippen molar-refractivity contribution < 1.29 is 0 Å². The second kappa shape index (κ2) is 7.78. The summed E-state index contributed by atoms with van der Waals surface area (Å²) in [6.45, 7) is 7.93. The maximum absolute atomic E-state index is 3.70. The van der Waals surface area contributed by atoms with Crippen molar-refractivity contribution in [2.75, 3.05) is 12.8 Å². The summed E-state index contributed by atoms with van der Waals surface area (Å²) in [5.41, 5.74) is 1.41. The molecule has 0 heterocycles. The molecule has 96 valence electrons. The maximum atomic E-state index is 3.70. The fourth-order valence-electron chi connectivity index (χ4n) is 2.18. The van der Waals surface area contributed by atoms with E-state index in [1.54, 1.807) is 0 Å². The molecule has 0 aliphatic heterocycles. The van der Waals surface area contributed by atoms with Crippen LogP contribution < -0.4 is 5.32 Å². The Bertz CT molecular complexity index is 297. The van der Waals surface area contributed by atoms with Gasteiger partial charge in [0.1, 0.15) is 0 Å². The molecule has 1 N–H and O–H groups in total. The van der Waals surface area contributed by atoms with Gasteiger partial charge in [-0.25, -0.2) is 0 Å².